The van der Waals surface area contributed by atoms with Crippen molar-refractivity contribution in [3.05, 3.63) is 63.2 Å². The molecular weight excluding hydrogens is 394 g/mol. The van der Waals surface area contributed by atoms with Crippen LogP contribution in [0.2, 0.25) is 5.02 Å². The second-order valence-corrected chi connectivity index (χ2v) is 8.33. The lowest BCUT2D eigenvalue weighted by Gasteiger charge is -2.17. The van der Waals surface area contributed by atoms with Crippen molar-refractivity contribution in [1.29, 1.82) is 0 Å². The van der Waals surface area contributed by atoms with Gasteiger partial charge in [0.2, 0.25) is 10.0 Å². The Morgan fingerprint density at radius 2 is 1.74 bits per heavy atom. The van der Waals surface area contributed by atoms with Crippen LogP contribution in [0.1, 0.15) is 23.2 Å². The Balaban J connectivity index is 1.83. The van der Waals surface area contributed by atoms with E-state index in [4.69, 9.17) is 11.6 Å². The predicted molar refractivity (Wildman–Crippen MR) is 100 cm³/mol. The van der Waals surface area contributed by atoms with E-state index in [1.54, 1.807) is 0 Å². The molecule has 1 aliphatic heterocycles. The number of nitrogens with zero attached hydrogens (tertiary/aromatic N) is 2. The third-order valence-electron chi connectivity index (χ3n) is 4.21. The lowest BCUT2D eigenvalue weighted by atomic mass is 10.2. The van der Waals surface area contributed by atoms with Gasteiger partial charge in [0.1, 0.15) is 4.90 Å². The number of hydrogen-bond donors (Lipinski definition) is 1. The van der Waals surface area contributed by atoms with Crippen LogP contribution in [0.5, 0.6) is 0 Å². The number of carbonyl (C=O) groups is 1. The minimum Gasteiger partial charge on any atom is -0.322 e. The van der Waals surface area contributed by atoms with Gasteiger partial charge in [-0.1, -0.05) is 11.6 Å². The number of rotatable bonds is 5. The lowest BCUT2D eigenvalue weighted by Crippen LogP contribution is -2.28. The zero-order valence-electron chi connectivity index (χ0n) is 14.1. The van der Waals surface area contributed by atoms with Gasteiger partial charge in [-0.15, -0.1) is 0 Å². The largest absolute Gasteiger partial charge is 0.322 e. The standard InChI is InChI=1S/C17H16ClN3O5S/c18-15-8-5-13(11-16(15)27(25,26)20-9-1-2-10-20)19-17(22)12-3-6-14(7-4-12)21(23)24/h3-8,11H,1-2,9-10H2,(H,19,22). The Bertz CT molecular complexity index is 986. The summed E-state index contributed by atoms with van der Waals surface area (Å²) in [5.41, 5.74) is 0.345. The average Bonchev–Trinajstić information content (AvgIpc) is 3.19. The van der Waals surface area contributed by atoms with Gasteiger partial charge >= 0.3 is 0 Å². The second-order valence-electron chi connectivity index (χ2n) is 6.01. The first-order valence-electron chi connectivity index (χ1n) is 8.14. The fourth-order valence-electron chi connectivity index (χ4n) is 2.78. The molecule has 0 spiro atoms. The summed E-state index contributed by atoms with van der Waals surface area (Å²) in [6.07, 6.45) is 1.60. The molecule has 2 aromatic rings. The van der Waals surface area contributed by atoms with Gasteiger partial charge < -0.3 is 5.32 Å². The van der Waals surface area contributed by atoms with Crippen molar-refractivity contribution < 1.29 is 18.1 Å². The van der Waals surface area contributed by atoms with Crippen LogP contribution in [0.3, 0.4) is 0 Å². The Hall–Kier alpha value is -2.49. The zero-order valence-corrected chi connectivity index (χ0v) is 15.7. The van der Waals surface area contributed by atoms with Crippen LogP contribution in [0.4, 0.5) is 11.4 Å². The molecular formula is C17H16ClN3O5S. The fourth-order valence-corrected chi connectivity index (χ4v) is 4.80. The molecule has 0 atom stereocenters. The number of sulfonamides is 1. The summed E-state index contributed by atoms with van der Waals surface area (Å²) >= 11 is 6.08. The molecule has 1 saturated heterocycles. The molecule has 1 fully saturated rings. The fraction of sp³-hybridized carbons (Fsp3) is 0.235. The average molecular weight is 410 g/mol. The highest BCUT2D eigenvalue weighted by Gasteiger charge is 2.29. The van der Waals surface area contributed by atoms with E-state index in [0.717, 1.165) is 12.8 Å². The van der Waals surface area contributed by atoms with Crippen LogP contribution in [0, 0.1) is 10.1 Å². The SMILES string of the molecule is O=C(Nc1ccc(Cl)c(S(=O)(=O)N2CCCC2)c1)c1ccc([N+](=O)[O-])cc1. The molecule has 1 N–H and O–H groups in total. The molecule has 142 valence electrons. The van der Waals surface area contributed by atoms with Gasteiger partial charge in [0, 0.05) is 36.5 Å². The Kier molecular flexibility index (Phi) is 5.45. The van der Waals surface area contributed by atoms with E-state index in [1.165, 1.54) is 46.8 Å². The summed E-state index contributed by atoms with van der Waals surface area (Å²) < 4.78 is 26.8. The van der Waals surface area contributed by atoms with E-state index in [2.05, 4.69) is 5.32 Å². The molecule has 0 aromatic heterocycles. The molecule has 0 aliphatic carbocycles. The van der Waals surface area contributed by atoms with Crippen molar-refractivity contribution in [2.24, 2.45) is 0 Å². The van der Waals surface area contributed by atoms with Crippen LogP contribution < -0.4 is 5.32 Å². The third-order valence-corrected chi connectivity index (χ3v) is 6.59. The third kappa shape index (κ3) is 4.10. The van der Waals surface area contributed by atoms with Gasteiger partial charge in [-0.2, -0.15) is 4.31 Å². The van der Waals surface area contributed by atoms with E-state index in [0.29, 0.717) is 13.1 Å². The molecule has 2 aromatic carbocycles. The first-order valence-corrected chi connectivity index (χ1v) is 9.96. The van der Waals surface area contributed by atoms with Crippen molar-refractivity contribution in [3.63, 3.8) is 0 Å². The number of nitrogens with one attached hydrogen (secondary N) is 1. The van der Waals surface area contributed by atoms with Crippen molar-refractivity contribution in [3.8, 4) is 0 Å². The van der Waals surface area contributed by atoms with E-state index in [1.807, 2.05) is 0 Å². The van der Waals surface area contributed by atoms with Crippen LogP contribution in [-0.2, 0) is 10.0 Å². The summed E-state index contributed by atoms with van der Waals surface area (Å²) in [5, 5.41) is 13.3. The lowest BCUT2D eigenvalue weighted by molar-refractivity contribution is -0.384. The van der Waals surface area contributed by atoms with Gasteiger partial charge in [0.25, 0.3) is 11.6 Å². The Labute approximate surface area is 160 Å². The van der Waals surface area contributed by atoms with Gasteiger partial charge in [-0.05, 0) is 43.2 Å². The summed E-state index contributed by atoms with van der Waals surface area (Å²) in [5.74, 6) is -0.517. The molecule has 0 bridgehead atoms. The van der Waals surface area contributed by atoms with Gasteiger partial charge in [0.05, 0.1) is 9.95 Å². The molecule has 0 unspecified atom stereocenters. The normalized spacial score (nSPS) is 14.9. The zero-order chi connectivity index (χ0) is 19.6. The van der Waals surface area contributed by atoms with Crippen molar-refractivity contribution >= 4 is 38.9 Å². The van der Waals surface area contributed by atoms with E-state index >= 15 is 0 Å². The second kappa shape index (κ2) is 7.63. The van der Waals surface area contributed by atoms with Crippen LogP contribution in [-0.4, -0.2) is 36.6 Å². The van der Waals surface area contributed by atoms with Crippen molar-refractivity contribution in [2.75, 3.05) is 18.4 Å². The van der Waals surface area contributed by atoms with E-state index in [-0.39, 0.29) is 26.9 Å². The number of amides is 1. The molecule has 8 nitrogen and oxygen atoms in total. The molecule has 1 amide bonds. The summed E-state index contributed by atoms with van der Waals surface area (Å²) in [4.78, 5) is 22.4. The number of halogens is 1. The maximum atomic E-state index is 12.7. The quantitative estimate of drug-likeness (QED) is 0.601. The minimum absolute atomic E-state index is 0.0624. The molecule has 1 aliphatic rings. The number of anilines is 1. The van der Waals surface area contributed by atoms with Crippen LogP contribution in [0.15, 0.2) is 47.4 Å². The number of carbonyl (C=O) groups excluding carboxylic acids is 1. The summed E-state index contributed by atoms with van der Waals surface area (Å²) in [6, 6.07) is 9.32. The minimum atomic E-state index is -3.73. The van der Waals surface area contributed by atoms with Gasteiger partial charge in [-0.25, -0.2) is 8.42 Å². The smallest absolute Gasteiger partial charge is 0.269 e. The number of nitro benzene ring substituents is 1. The molecule has 10 heteroatoms. The molecule has 3 rings (SSSR count). The van der Waals surface area contributed by atoms with Crippen molar-refractivity contribution in [2.45, 2.75) is 17.7 Å². The molecule has 0 radical (unpaired) electrons. The number of hydrogen-bond acceptors (Lipinski definition) is 5. The number of benzene rings is 2. The predicted octanol–water partition coefficient (Wildman–Crippen LogP) is 3.29. The molecule has 27 heavy (non-hydrogen) atoms. The number of non-ortho nitro benzene ring substituents is 1. The Morgan fingerprint density at radius 3 is 2.33 bits per heavy atom. The summed E-state index contributed by atoms with van der Waals surface area (Å²) in [7, 11) is -3.73. The monoisotopic (exact) mass is 409 g/mol. The van der Waals surface area contributed by atoms with Crippen LogP contribution in [0.25, 0.3) is 0 Å². The van der Waals surface area contributed by atoms with Gasteiger partial charge in [-0.3, -0.25) is 14.9 Å². The highest BCUT2D eigenvalue weighted by molar-refractivity contribution is 7.89. The number of nitro groups is 1. The summed E-state index contributed by atoms with van der Waals surface area (Å²) in [6.45, 7) is 0.885. The highest BCUT2D eigenvalue weighted by atomic mass is 35.5. The maximum absolute atomic E-state index is 12.7. The van der Waals surface area contributed by atoms with Crippen molar-refractivity contribution in [1.82, 2.24) is 4.31 Å². The first kappa shape index (κ1) is 19.3. The topological polar surface area (TPSA) is 110 Å². The van der Waals surface area contributed by atoms with Gasteiger partial charge in [0.15, 0.2) is 0 Å². The molecule has 0 saturated carbocycles. The molecule has 1 heterocycles. The first-order chi connectivity index (χ1) is 12.8. The van der Waals surface area contributed by atoms with Crippen LogP contribution >= 0.6 is 11.6 Å². The maximum Gasteiger partial charge on any atom is 0.269 e. The van der Waals surface area contributed by atoms with E-state index < -0.39 is 20.9 Å². The Morgan fingerprint density at radius 1 is 1.11 bits per heavy atom. The highest BCUT2D eigenvalue weighted by Crippen LogP contribution is 2.29. The van der Waals surface area contributed by atoms with E-state index in [9.17, 15) is 23.3 Å².